The van der Waals surface area contributed by atoms with E-state index < -0.39 is 0 Å². The average Bonchev–Trinajstić information content (AvgIpc) is 2.68. The minimum absolute atomic E-state index is 0.0388. The van der Waals surface area contributed by atoms with Crippen LogP contribution in [0.1, 0.15) is 18.4 Å². The minimum Gasteiger partial charge on any atom is -0.495 e. The number of carbonyl (C=O) groups is 1. The molecule has 0 bridgehead atoms. The highest BCUT2D eigenvalue weighted by molar-refractivity contribution is 5.82. The number of piperazine rings is 1. The van der Waals surface area contributed by atoms with Gasteiger partial charge in [0, 0.05) is 26.2 Å². The summed E-state index contributed by atoms with van der Waals surface area (Å²) in [5.74, 6) is 0.767. The van der Waals surface area contributed by atoms with Gasteiger partial charge >= 0.3 is 0 Å². The number of hydrazine groups is 1. The van der Waals surface area contributed by atoms with Gasteiger partial charge in [-0.25, -0.2) is 5.01 Å². The summed E-state index contributed by atoms with van der Waals surface area (Å²) in [5, 5.41) is 2.01. The largest absolute Gasteiger partial charge is 0.495 e. The van der Waals surface area contributed by atoms with Gasteiger partial charge in [0.05, 0.1) is 18.7 Å². The quantitative estimate of drug-likeness (QED) is 0.910. The lowest BCUT2D eigenvalue weighted by atomic mass is 10.0. The molecule has 3 rings (SSSR count). The fraction of sp³-hybridized carbons (Fsp3) is 0.350. The van der Waals surface area contributed by atoms with Crippen molar-refractivity contribution in [3.05, 3.63) is 60.2 Å². The molecule has 1 heterocycles. The third-order valence-electron chi connectivity index (χ3n) is 4.67. The standard InChI is InChI=1S/C20H25N3O2/c1-16(17-8-4-3-5-9-17)20(24)21-23-14-12-22(13-15-23)18-10-6-7-11-19(18)25-2/h3-11,16H,12-15H2,1-2H3,(H,21,24)/t16-/m0/s1. The molecule has 5 nitrogen and oxygen atoms in total. The highest BCUT2D eigenvalue weighted by atomic mass is 16.5. The number of hydrogen-bond acceptors (Lipinski definition) is 4. The van der Waals surface area contributed by atoms with Crippen LogP contribution in [0.4, 0.5) is 5.69 Å². The topological polar surface area (TPSA) is 44.8 Å². The lowest BCUT2D eigenvalue weighted by Gasteiger charge is -2.36. The number of benzene rings is 2. The summed E-state index contributed by atoms with van der Waals surface area (Å²) in [4.78, 5) is 14.8. The van der Waals surface area contributed by atoms with Crippen molar-refractivity contribution < 1.29 is 9.53 Å². The molecular formula is C20H25N3O2. The number of amides is 1. The maximum Gasteiger partial charge on any atom is 0.241 e. The van der Waals surface area contributed by atoms with Crippen LogP contribution in [0, 0.1) is 0 Å². The number of anilines is 1. The van der Waals surface area contributed by atoms with Crippen LogP contribution < -0.4 is 15.1 Å². The fourth-order valence-corrected chi connectivity index (χ4v) is 3.10. The van der Waals surface area contributed by atoms with E-state index in [9.17, 15) is 4.79 Å². The molecule has 2 aromatic rings. The molecule has 1 atom stereocenters. The Morgan fingerprint density at radius 3 is 2.32 bits per heavy atom. The maximum absolute atomic E-state index is 12.5. The third kappa shape index (κ3) is 4.12. The molecule has 0 unspecified atom stereocenters. The van der Waals surface area contributed by atoms with Crippen LogP contribution in [-0.4, -0.2) is 44.2 Å². The van der Waals surface area contributed by atoms with Gasteiger partial charge in [0.2, 0.25) is 5.91 Å². The molecule has 0 spiro atoms. The molecule has 1 saturated heterocycles. The van der Waals surface area contributed by atoms with Crippen LogP contribution >= 0.6 is 0 Å². The van der Waals surface area contributed by atoms with E-state index in [4.69, 9.17) is 4.74 Å². The predicted octanol–water partition coefficient (Wildman–Crippen LogP) is 2.65. The minimum atomic E-state index is -0.159. The summed E-state index contributed by atoms with van der Waals surface area (Å²) in [5.41, 5.74) is 5.19. The van der Waals surface area contributed by atoms with Crippen molar-refractivity contribution in [1.82, 2.24) is 10.4 Å². The summed E-state index contributed by atoms with van der Waals surface area (Å²) >= 11 is 0. The monoisotopic (exact) mass is 339 g/mol. The van der Waals surface area contributed by atoms with Gasteiger partial charge in [-0.05, 0) is 24.6 Å². The van der Waals surface area contributed by atoms with Crippen molar-refractivity contribution in [2.75, 3.05) is 38.2 Å². The summed E-state index contributed by atoms with van der Waals surface area (Å²) < 4.78 is 5.45. The van der Waals surface area contributed by atoms with E-state index >= 15 is 0 Å². The Bertz CT molecular complexity index is 697. The Balaban J connectivity index is 1.55. The van der Waals surface area contributed by atoms with Gasteiger partial charge in [-0.2, -0.15) is 0 Å². The molecule has 1 N–H and O–H groups in total. The molecule has 1 fully saturated rings. The molecule has 0 aromatic heterocycles. The Morgan fingerprint density at radius 2 is 1.64 bits per heavy atom. The summed E-state index contributed by atoms with van der Waals surface area (Å²) in [6, 6.07) is 17.9. The van der Waals surface area contributed by atoms with Crippen LogP contribution in [0.15, 0.2) is 54.6 Å². The zero-order chi connectivity index (χ0) is 17.6. The van der Waals surface area contributed by atoms with Crippen molar-refractivity contribution >= 4 is 11.6 Å². The molecule has 1 aliphatic heterocycles. The predicted molar refractivity (Wildman–Crippen MR) is 99.8 cm³/mol. The van der Waals surface area contributed by atoms with Crippen molar-refractivity contribution in [3.8, 4) is 5.75 Å². The van der Waals surface area contributed by atoms with Crippen LogP contribution in [0.25, 0.3) is 0 Å². The molecule has 1 aliphatic rings. The van der Waals surface area contributed by atoms with E-state index in [1.54, 1.807) is 7.11 Å². The first-order valence-corrected chi connectivity index (χ1v) is 8.67. The molecule has 5 heteroatoms. The molecule has 1 amide bonds. The number of para-hydroxylation sites is 2. The number of methoxy groups -OCH3 is 1. The molecule has 132 valence electrons. The van der Waals surface area contributed by atoms with Gasteiger partial charge in [-0.1, -0.05) is 42.5 Å². The third-order valence-corrected chi connectivity index (χ3v) is 4.67. The van der Waals surface area contributed by atoms with Crippen LogP contribution in [0.3, 0.4) is 0 Å². The van der Waals surface area contributed by atoms with Gasteiger partial charge in [-0.3, -0.25) is 10.2 Å². The summed E-state index contributed by atoms with van der Waals surface area (Å²) in [6.45, 7) is 5.20. The van der Waals surface area contributed by atoms with E-state index in [2.05, 4.69) is 16.4 Å². The number of nitrogens with zero attached hydrogens (tertiary/aromatic N) is 2. The van der Waals surface area contributed by atoms with Crippen molar-refractivity contribution in [2.45, 2.75) is 12.8 Å². The van der Waals surface area contributed by atoms with Crippen molar-refractivity contribution in [3.63, 3.8) is 0 Å². The fourth-order valence-electron chi connectivity index (χ4n) is 3.10. The lowest BCUT2D eigenvalue weighted by Crippen LogP contribution is -2.54. The molecule has 0 aliphatic carbocycles. The Labute approximate surface area is 149 Å². The number of carbonyl (C=O) groups excluding carboxylic acids is 1. The molecule has 0 saturated carbocycles. The lowest BCUT2D eigenvalue weighted by molar-refractivity contribution is -0.127. The van der Waals surface area contributed by atoms with E-state index in [1.165, 1.54) is 0 Å². The van der Waals surface area contributed by atoms with Gasteiger partial charge in [0.25, 0.3) is 0 Å². The number of ether oxygens (including phenoxy) is 1. The molecular weight excluding hydrogens is 314 g/mol. The Kier molecular flexibility index (Phi) is 5.56. The van der Waals surface area contributed by atoms with Crippen LogP contribution in [0.5, 0.6) is 5.75 Å². The highest BCUT2D eigenvalue weighted by Gasteiger charge is 2.22. The zero-order valence-electron chi connectivity index (χ0n) is 14.8. The first-order chi connectivity index (χ1) is 12.2. The summed E-state index contributed by atoms with van der Waals surface area (Å²) in [6.07, 6.45) is 0. The van der Waals surface area contributed by atoms with E-state index in [1.807, 2.05) is 60.5 Å². The second-order valence-electron chi connectivity index (χ2n) is 6.25. The second kappa shape index (κ2) is 8.03. The van der Waals surface area contributed by atoms with Crippen LogP contribution in [0.2, 0.25) is 0 Å². The van der Waals surface area contributed by atoms with Crippen molar-refractivity contribution in [1.29, 1.82) is 0 Å². The molecule has 2 aromatic carbocycles. The first kappa shape index (κ1) is 17.3. The Morgan fingerprint density at radius 1 is 1.00 bits per heavy atom. The number of hydrogen-bond donors (Lipinski definition) is 1. The average molecular weight is 339 g/mol. The van der Waals surface area contributed by atoms with Gasteiger partial charge in [0.1, 0.15) is 5.75 Å². The zero-order valence-corrected chi connectivity index (χ0v) is 14.8. The highest BCUT2D eigenvalue weighted by Crippen LogP contribution is 2.28. The van der Waals surface area contributed by atoms with Gasteiger partial charge in [-0.15, -0.1) is 0 Å². The SMILES string of the molecule is COc1ccccc1N1CCN(NC(=O)[C@@H](C)c2ccccc2)CC1. The maximum atomic E-state index is 12.5. The second-order valence-corrected chi connectivity index (χ2v) is 6.25. The summed E-state index contributed by atoms with van der Waals surface area (Å²) in [7, 11) is 1.69. The van der Waals surface area contributed by atoms with Crippen LogP contribution in [-0.2, 0) is 4.79 Å². The van der Waals surface area contributed by atoms with E-state index in [0.717, 1.165) is 43.2 Å². The van der Waals surface area contributed by atoms with E-state index in [-0.39, 0.29) is 11.8 Å². The number of nitrogens with one attached hydrogen (secondary N) is 1. The van der Waals surface area contributed by atoms with Crippen molar-refractivity contribution in [2.24, 2.45) is 0 Å². The molecule has 25 heavy (non-hydrogen) atoms. The molecule has 0 radical (unpaired) electrons. The Hall–Kier alpha value is -2.53. The smallest absolute Gasteiger partial charge is 0.241 e. The van der Waals surface area contributed by atoms with Gasteiger partial charge < -0.3 is 9.64 Å². The van der Waals surface area contributed by atoms with Gasteiger partial charge in [0.15, 0.2) is 0 Å². The normalized spacial score (nSPS) is 16.3. The first-order valence-electron chi connectivity index (χ1n) is 8.67. The number of rotatable bonds is 5. The van der Waals surface area contributed by atoms with E-state index in [0.29, 0.717) is 0 Å².